The molecular weight excluding hydrogens is 531 g/mol. The number of methoxy groups -OCH3 is 1. The van der Waals surface area contributed by atoms with Gasteiger partial charge in [-0.15, -0.1) is 0 Å². The molecule has 0 aliphatic heterocycles. The Bertz CT molecular complexity index is 997. The molecule has 0 saturated heterocycles. The summed E-state index contributed by atoms with van der Waals surface area (Å²) < 4.78 is 9.40. The number of aliphatic hydroxyl groups excluding tert-OH is 1. The summed E-state index contributed by atoms with van der Waals surface area (Å²) in [5.41, 5.74) is 2.92. The molecule has 3 atom stereocenters. The molecule has 176 valence electrons. The van der Waals surface area contributed by atoms with Crippen LogP contribution in [0.4, 0.5) is 5.69 Å². The number of hydrogen-bond acceptors (Lipinski definition) is 6. The van der Waals surface area contributed by atoms with E-state index in [1.165, 1.54) is 6.21 Å². The lowest BCUT2D eigenvalue weighted by atomic mass is 9.76. The first kappa shape index (κ1) is 25.3. The molecule has 1 aromatic rings. The van der Waals surface area contributed by atoms with Crippen molar-refractivity contribution in [3.05, 3.63) is 71.4 Å². The molecule has 0 spiro atoms. The maximum Gasteiger partial charge on any atom is 0.259 e. The van der Waals surface area contributed by atoms with Gasteiger partial charge in [-0.05, 0) is 50.3 Å². The number of ether oxygens (including phenoxy) is 1. The molecule has 0 aromatic carbocycles. The number of aromatic nitrogens is 1. The fourth-order valence-electron chi connectivity index (χ4n) is 3.93. The van der Waals surface area contributed by atoms with Gasteiger partial charge >= 0.3 is 0 Å². The molecule has 2 aliphatic carbocycles. The summed E-state index contributed by atoms with van der Waals surface area (Å²) in [6.07, 6.45) is 16.0. The van der Waals surface area contributed by atoms with E-state index < -0.39 is 5.41 Å². The van der Waals surface area contributed by atoms with Crippen molar-refractivity contribution in [3.8, 4) is 0 Å². The maximum atomic E-state index is 13.0. The van der Waals surface area contributed by atoms with Crippen LogP contribution in [-0.2, 0) is 14.9 Å². The van der Waals surface area contributed by atoms with Crippen LogP contribution in [0.25, 0.3) is 0 Å². The molecule has 0 fully saturated rings. The highest BCUT2D eigenvalue weighted by Gasteiger charge is 2.34. The molecule has 3 N–H and O–H groups in total. The smallest absolute Gasteiger partial charge is 0.259 e. The minimum atomic E-state index is -0.532. The zero-order valence-corrected chi connectivity index (χ0v) is 21.4. The molecule has 33 heavy (non-hydrogen) atoms. The second-order valence-corrected chi connectivity index (χ2v) is 9.05. The van der Waals surface area contributed by atoms with Crippen molar-refractivity contribution in [2.45, 2.75) is 44.6 Å². The van der Waals surface area contributed by atoms with E-state index in [2.05, 4.69) is 37.9 Å². The molecule has 1 unspecified atom stereocenters. The lowest BCUT2D eigenvalue weighted by molar-refractivity contribution is -0.112. The summed E-state index contributed by atoms with van der Waals surface area (Å²) in [4.78, 5) is 17.5. The number of pyridine rings is 1. The molecule has 1 amide bonds. The number of anilines is 1. The first-order valence-electron chi connectivity index (χ1n) is 11.0. The number of allylic oxidation sites excluding steroid dienone is 4. The minimum Gasteiger partial charge on any atom is -0.395 e. The second kappa shape index (κ2) is 11.7. The van der Waals surface area contributed by atoms with Gasteiger partial charge in [-0.25, -0.2) is 3.21 Å². The third-order valence-corrected chi connectivity index (χ3v) is 6.37. The Kier molecular flexibility index (Phi) is 8.99. The highest BCUT2D eigenvalue weighted by atomic mass is 127. The number of carbonyl (C=O) groups excluding carboxylic acids is 1. The number of hydrogen-bond donors (Lipinski definition) is 3. The summed E-state index contributed by atoms with van der Waals surface area (Å²) >= 11 is 1.86. The molecule has 1 aromatic heterocycles. The molecule has 1 heterocycles. The molecule has 2 aliphatic rings. The van der Waals surface area contributed by atoms with E-state index in [-0.39, 0.29) is 18.6 Å². The minimum absolute atomic E-state index is 0.0361. The number of nitrogens with zero attached hydrogens (tertiary/aromatic N) is 2. The van der Waals surface area contributed by atoms with Crippen molar-refractivity contribution < 1.29 is 14.6 Å². The predicted octanol–water partition coefficient (Wildman–Crippen LogP) is 4.38. The van der Waals surface area contributed by atoms with Crippen molar-refractivity contribution in [1.82, 2.24) is 10.3 Å². The summed E-state index contributed by atoms with van der Waals surface area (Å²) in [6, 6.07) is 3.66. The van der Waals surface area contributed by atoms with E-state index in [0.717, 1.165) is 30.7 Å². The normalized spacial score (nSPS) is 25.5. The number of carbonyl (C=O) groups is 1. The summed E-state index contributed by atoms with van der Waals surface area (Å²) in [7, 11) is 1.68. The standard InChI is InChI=1S/C25H31IN4O3/c1-17-4-6-19(7-5-17)29-18(2)22(15-28-26)24(32)30-20-8-9-23(27-14-20)25(16-31)12-10-21(33-3)11-13-25/h4,6-10,12,14-15,17,21,29,31H,5,11,13,16H2,1-3H3,(H,30,32)/b22-18+,28-15?/t17?,21-,25-/m0/s1. The van der Waals surface area contributed by atoms with E-state index in [1.807, 2.05) is 60.1 Å². The average molecular weight is 562 g/mol. The van der Waals surface area contributed by atoms with Crippen LogP contribution in [-0.4, -0.2) is 42.0 Å². The van der Waals surface area contributed by atoms with Gasteiger partial charge < -0.3 is 20.5 Å². The Balaban J connectivity index is 1.73. The molecule has 3 rings (SSSR count). The van der Waals surface area contributed by atoms with Gasteiger partial charge in [0.15, 0.2) is 0 Å². The number of nitrogens with one attached hydrogen (secondary N) is 2. The Morgan fingerprint density at radius 1 is 1.39 bits per heavy atom. The van der Waals surface area contributed by atoms with Crippen molar-refractivity contribution in [2.24, 2.45) is 9.12 Å². The molecular formula is C25H31IN4O3. The highest BCUT2D eigenvalue weighted by Crippen LogP contribution is 2.34. The number of rotatable bonds is 8. The predicted molar refractivity (Wildman–Crippen MR) is 140 cm³/mol. The lowest BCUT2D eigenvalue weighted by Gasteiger charge is -2.33. The monoisotopic (exact) mass is 562 g/mol. The highest BCUT2D eigenvalue weighted by molar-refractivity contribution is 14.1. The van der Waals surface area contributed by atoms with Gasteiger partial charge in [0, 0.05) is 24.7 Å². The molecule has 7 nitrogen and oxygen atoms in total. The third-order valence-electron chi connectivity index (χ3n) is 6.09. The van der Waals surface area contributed by atoms with Crippen molar-refractivity contribution in [3.63, 3.8) is 0 Å². The van der Waals surface area contributed by atoms with E-state index in [1.54, 1.807) is 13.3 Å². The Labute approximate surface area is 209 Å². The topological polar surface area (TPSA) is 95.8 Å². The Hall–Kier alpha value is -2.30. The van der Waals surface area contributed by atoms with Crippen LogP contribution in [0.2, 0.25) is 0 Å². The van der Waals surface area contributed by atoms with Crippen LogP contribution < -0.4 is 10.6 Å². The van der Waals surface area contributed by atoms with Crippen LogP contribution in [0, 0.1) is 5.92 Å². The van der Waals surface area contributed by atoms with E-state index in [0.29, 0.717) is 22.9 Å². The maximum absolute atomic E-state index is 13.0. The largest absolute Gasteiger partial charge is 0.395 e. The summed E-state index contributed by atoms with van der Waals surface area (Å²) in [5.74, 6) is 0.241. The zero-order valence-electron chi connectivity index (χ0n) is 19.2. The number of halogens is 1. The molecule has 0 radical (unpaired) electrons. The van der Waals surface area contributed by atoms with Crippen LogP contribution in [0.5, 0.6) is 0 Å². The third kappa shape index (κ3) is 6.39. The molecule has 8 heteroatoms. The fourth-order valence-corrected chi connectivity index (χ4v) is 4.21. The first-order chi connectivity index (χ1) is 15.9. The second-order valence-electron chi connectivity index (χ2n) is 8.49. The lowest BCUT2D eigenvalue weighted by Crippen LogP contribution is -2.34. The molecule has 0 bridgehead atoms. The SMILES string of the molecule is CO[C@H]1C=C[C@](CO)(c2ccc(NC(=O)/C(C=NI)=C(\C)NC3=CCC(C)C=C3)cn2)CC1. The van der Waals surface area contributed by atoms with Crippen molar-refractivity contribution >= 4 is 40.7 Å². The van der Waals surface area contributed by atoms with Gasteiger partial charge in [0.2, 0.25) is 0 Å². The Morgan fingerprint density at radius 2 is 2.21 bits per heavy atom. The van der Waals surface area contributed by atoms with Gasteiger partial charge in [0.05, 0.1) is 64.1 Å². The van der Waals surface area contributed by atoms with Gasteiger partial charge in [-0.3, -0.25) is 9.78 Å². The van der Waals surface area contributed by atoms with Crippen molar-refractivity contribution in [1.29, 1.82) is 0 Å². The number of amides is 1. The number of aliphatic hydroxyl groups is 1. The van der Waals surface area contributed by atoms with Gasteiger partial charge in [-0.2, -0.15) is 0 Å². The quantitative estimate of drug-likeness (QED) is 0.189. The zero-order chi connectivity index (χ0) is 23.8. The van der Waals surface area contributed by atoms with Gasteiger partial charge in [-0.1, -0.05) is 31.2 Å². The van der Waals surface area contributed by atoms with Crippen LogP contribution >= 0.6 is 22.9 Å². The van der Waals surface area contributed by atoms with Gasteiger partial charge in [0.1, 0.15) is 0 Å². The van der Waals surface area contributed by atoms with Crippen molar-refractivity contribution in [2.75, 3.05) is 19.0 Å². The fraction of sp³-hybridized carbons (Fsp3) is 0.400. The average Bonchev–Trinajstić information content (AvgIpc) is 2.84. The van der Waals surface area contributed by atoms with Crippen LogP contribution in [0.1, 0.15) is 38.8 Å². The van der Waals surface area contributed by atoms with E-state index in [9.17, 15) is 9.90 Å². The summed E-state index contributed by atoms with van der Waals surface area (Å²) in [6.45, 7) is 3.98. The Morgan fingerprint density at radius 3 is 2.76 bits per heavy atom. The summed E-state index contributed by atoms with van der Waals surface area (Å²) in [5, 5.41) is 16.3. The first-order valence-corrected chi connectivity index (χ1v) is 12.0. The molecule has 0 saturated carbocycles. The van der Waals surface area contributed by atoms with E-state index >= 15 is 0 Å². The van der Waals surface area contributed by atoms with E-state index in [4.69, 9.17) is 4.74 Å². The van der Waals surface area contributed by atoms with Crippen LogP contribution in [0.15, 0.2) is 68.9 Å². The van der Waals surface area contributed by atoms with Crippen LogP contribution in [0.3, 0.4) is 0 Å². The van der Waals surface area contributed by atoms with Gasteiger partial charge in [0.25, 0.3) is 5.91 Å².